The molecule has 0 aliphatic carbocycles. The molecule has 4 nitrogen and oxygen atoms in total. The van der Waals surface area contributed by atoms with E-state index in [1.807, 2.05) is 6.07 Å². The van der Waals surface area contributed by atoms with Crippen molar-refractivity contribution in [1.82, 2.24) is 4.90 Å². The normalized spacial score (nSPS) is 11.3. The van der Waals surface area contributed by atoms with E-state index in [1.54, 1.807) is 48.3 Å². The second-order valence-electron chi connectivity index (χ2n) is 5.68. The van der Waals surface area contributed by atoms with Crippen molar-refractivity contribution in [2.45, 2.75) is 12.3 Å². The van der Waals surface area contributed by atoms with Crippen LogP contribution in [0.4, 0.5) is 0 Å². The van der Waals surface area contributed by atoms with Crippen LogP contribution in [-0.4, -0.2) is 32.5 Å². The van der Waals surface area contributed by atoms with Crippen molar-refractivity contribution in [2.75, 3.05) is 13.3 Å². The lowest BCUT2D eigenvalue weighted by molar-refractivity contribution is 0.0785. The van der Waals surface area contributed by atoms with E-state index in [4.69, 9.17) is 23.2 Å². The molecule has 0 heterocycles. The lowest BCUT2D eigenvalue weighted by Crippen LogP contribution is -2.26. The molecular formula is C17H17Cl2NO3S. The summed E-state index contributed by atoms with van der Waals surface area (Å²) in [6.45, 7) is 0.390. The van der Waals surface area contributed by atoms with Gasteiger partial charge in [-0.15, -0.1) is 0 Å². The maximum Gasteiger partial charge on any atom is 0.253 e. The van der Waals surface area contributed by atoms with Crippen molar-refractivity contribution < 1.29 is 13.2 Å². The van der Waals surface area contributed by atoms with E-state index < -0.39 is 9.84 Å². The Morgan fingerprint density at radius 2 is 1.58 bits per heavy atom. The summed E-state index contributed by atoms with van der Waals surface area (Å²) >= 11 is 11.9. The zero-order chi connectivity index (χ0) is 17.9. The quantitative estimate of drug-likeness (QED) is 0.785. The molecule has 2 rings (SSSR count). The number of benzene rings is 2. The number of carbonyl (C=O) groups excluding carboxylic acids is 1. The second-order valence-corrected chi connectivity index (χ2v) is 8.63. The molecule has 0 aliphatic heterocycles. The standard InChI is InChI=1S/C17H17Cl2NO3S/c1-20(10-13-5-8-15(18)16(19)9-13)17(21)14-6-3-12(4-7-14)11-24(2,22)23/h3-9H,10-11H2,1-2H3. The Morgan fingerprint density at radius 3 is 2.12 bits per heavy atom. The predicted molar refractivity (Wildman–Crippen MR) is 97.2 cm³/mol. The molecule has 2 aromatic rings. The molecule has 0 atom stereocenters. The van der Waals surface area contributed by atoms with Gasteiger partial charge in [0.15, 0.2) is 9.84 Å². The van der Waals surface area contributed by atoms with Crippen LogP contribution < -0.4 is 0 Å². The van der Waals surface area contributed by atoms with Crippen LogP contribution in [0.1, 0.15) is 21.5 Å². The van der Waals surface area contributed by atoms with Crippen LogP contribution in [0, 0.1) is 0 Å². The average Bonchev–Trinajstić information content (AvgIpc) is 2.49. The number of halogens is 2. The van der Waals surface area contributed by atoms with Crippen molar-refractivity contribution in [3.8, 4) is 0 Å². The van der Waals surface area contributed by atoms with Crippen LogP contribution in [0.5, 0.6) is 0 Å². The molecule has 0 unspecified atom stereocenters. The average molecular weight is 386 g/mol. The molecule has 7 heteroatoms. The minimum Gasteiger partial charge on any atom is -0.337 e. The Hall–Kier alpha value is -1.56. The molecule has 0 bridgehead atoms. The number of carbonyl (C=O) groups is 1. The largest absolute Gasteiger partial charge is 0.337 e. The van der Waals surface area contributed by atoms with E-state index in [9.17, 15) is 13.2 Å². The summed E-state index contributed by atoms with van der Waals surface area (Å²) in [6, 6.07) is 11.8. The fourth-order valence-electron chi connectivity index (χ4n) is 2.25. The number of sulfone groups is 1. The van der Waals surface area contributed by atoms with Crippen molar-refractivity contribution in [3.05, 3.63) is 69.2 Å². The molecule has 0 aliphatic rings. The summed E-state index contributed by atoms with van der Waals surface area (Å²) in [5, 5.41) is 0.913. The highest BCUT2D eigenvalue weighted by Crippen LogP contribution is 2.23. The fraction of sp³-hybridized carbons (Fsp3) is 0.235. The summed E-state index contributed by atoms with van der Waals surface area (Å²) < 4.78 is 22.6. The van der Waals surface area contributed by atoms with Crippen LogP contribution in [0.3, 0.4) is 0 Å². The molecule has 0 aromatic heterocycles. The van der Waals surface area contributed by atoms with Crippen LogP contribution in [0.15, 0.2) is 42.5 Å². The number of hydrogen-bond donors (Lipinski definition) is 0. The molecule has 0 saturated carbocycles. The van der Waals surface area contributed by atoms with E-state index in [0.717, 1.165) is 5.56 Å². The molecule has 0 N–H and O–H groups in total. The molecule has 0 fully saturated rings. The molecule has 1 amide bonds. The smallest absolute Gasteiger partial charge is 0.253 e. The van der Waals surface area contributed by atoms with Gasteiger partial charge in [-0.05, 0) is 35.4 Å². The minimum absolute atomic E-state index is 0.0411. The van der Waals surface area contributed by atoms with Crippen molar-refractivity contribution in [3.63, 3.8) is 0 Å². The maximum absolute atomic E-state index is 12.4. The Kier molecular flexibility index (Phi) is 5.91. The molecule has 2 aromatic carbocycles. The van der Waals surface area contributed by atoms with Gasteiger partial charge in [0.25, 0.3) is 5.91 Å². The van der Waals surface area contributed by atoms with Crippen molar-refractivity contribution >= 4 is 38.9 Å². The number of nitrogens with zero attached hydrogens (tertiary/aromatic N) is 1. The van der Waals surface area contributed by atoms with Gasteiger partial charge in [-0.25, -0.2) is 8.42 Å². The van der Waals surface area contributed by atoms with Crippen LogP contribution in [-0.2, 0) is 22.1 Å². The van der Waals surface area contributed by atoms with Crippen LogP contribution >= 0.6 is 23.2 Å². The van der Waals surface area contributed by atoms with Crippen LogP contribution in [0.25, 0.3) is 0 Å². The Balaban J connectivity index is 2.08. The van der Waals surface area contributed by atoms with E-state index in [0.29, 0.717) is 27.7 Å². The van der Waals surface area contributed by atoms with Gasteiger partial charge in [0.05, 0.1) is 15.8 Å². The first-order chi connectivity index (χ1) is 11.2. The number of rotatable bonds is 5. The molecule has 24 heavy (non-hydrogen) atoms. The topological polar surface area (TPSA) is 54.5 Å². The maximum atomic E-state index is 12.4. The third kappa shape index (κ3) is 5.23. The first-order valence-electron chi connectivity index (χ1n) is 7.12. The number of amides is 1. The molecule has 0 saturated heterocycles. The summed E-state index contributed by atoms with van der Waals surface area (Å²) in [6.07, 6.45) is 1.18. The second kappa shape index (κ2) is 7.55. The lowest BCUT2D eigenvalue weighted by Gasteiger charge is -2.18. The highest BCUT2D eigenvalue weighted by molar-refractivity contribution is 7.89. The van der Waals surface area contributed by atoms with Gasteiger partial charge in [0, 0.05) is 25.4 Å². The van der Waals surface area contributed by atoms with E-state index in [2.05, 4.69) is 0 Å². The molecule has 128 valence electrons. The van der Waals surface area contributed by atoms with Gasteiger partial charge >= 0.3 is 0 Å². The van der Waals surface area contributed by atoms with Crippen molar-refractivity contribution in [1.29, 1.82) is 0 Å². The summed E-state index contributed by atoms with van der Waals surface area (Å²) in [5.74, 6) is -0.201. The third-order valence-corrected chi connectivity index (χ3v) is 4.98. The van der Waals surface area contributed by atoms with Gasteiger partial charge in [-0.1, -0.05) is 41.4 Å². The summed E-state index contributed by atoms with van der Waals surface area (Å²) in [5.41, 5.74) is 2.02. The zero-order valence-corrected chi connectivity index (χ0v) is 15.6. The van der Waals surface area contributed by atoms with Gasteiger partial charge in [-0.3, -0.25) is 4.79 Å². The zero-order valence-electron chi connectivity index (χ0n) is 13.3. The lowest BCUT2D eigenvalue weighted by atomic mass is 10.1. The first kappa shape index (κ1) is 18.8. The highest BCUT2D eigenvalue weighted by Gasteiger charge is 2.13. The van der Waals surface area contributed by atoms with E-state index >= 15 is 0 Å². The van der Waals surface area contributed by atoms with Gasteiger partial charge in [0.1, 0.15) is 0 Å². The van der Waals surface area contributed by atoms with Gasteiger partial charge in [0.2, 0.25) is 0 Å². The van der Waals surface area contributed by atoms with Crippen LogP contribution in [0.2, 0.25) is 10.0 Å². The first-order valence-corrected chi connectivity index (χ1v) is 9.93. The third-order valence-electron chi connectivity index (χ3n) is 3.38. The Bertz CT molecular complexity index is 849. The summed E-state index contributed by atoms with van der Waals surface area (Å²) in [7, 11) is -1.40. The monoisotopic (exact) mass is 385 g/mol. The summed E-state index contributed by atoms with van der Waals surface area (Å²) in [4.78, 5) is 14.0. The van der Waals surface area contributed by atoms with E-state index in [1.165, 1.54) is 6.26 Å². The predicted octanol–water partition coefficient (Wildman–Crippen LogP) is 3.81. The van der Waals surface area contributed by atoms with E-state index in [-0.39, 0.29) is 11.7 Å². The fourth-order valence-corrected chi connectivity index (χ4v) is 3.37. The Morgan fingerprint density at radius 1 is 1.00 bits per heavy atom. The molecule has 0 radical (unpaired) electrons. The van der Waals surface area contributed by atoms with Gasteiger partial charge < -0.3 is 4.90 Å². The highest BCUT2D eigenvalue weighted by atomic mass is 35.5. The minimum atomic E-state index is -3.09. The Labute approximate surface area is 151 Å². The number of hydrogen-bond acceptors (Lipinski definition) is 3. The van der Waals surface area contributed by atoms with Crippen molar-refractivity contribution in [2.24, 2.45) is 0 Å². The SMILES string of the molecule is CN(Cc1ccc(Cl)c(Cl)c1)C(=O)c1ccc(CS(C)(=O)=O)cc1. The van der Waals surface area contributed by atoms with Gasteiger partial charge in [-0.2, -0.15) is 0 Å². The molecule has 0 spiro atoms. The molecular weight excluding hydrogens is 369 g/mol.